The van der Waals surface area contributed by atoms with Gasteiger partial charge in [0.1, 0.15) is 11.9 Å². The first-order valence-corrected chi connectivity index (χ1v) is 6.18. The minimum absolute atomic E-state index is 0.0633. The number of imidazole rings is 1. The zero-order valence-electron chi connectivity index (χ0n) is 10.5. The summed E-state index contributed by atoms with van der Waals surface area (Å²) in [5.74, 6) is 0.801. The SMILES string of the molecule is CC1(Cn2cnc3c(-n4cccc4)ncnc32)CO1. The predicted molar refractivity (Wildman–Crippen MR) is 69.0 cm³/mol. The minimum atomic E-state index is -0.0633. The van der Waals surface area contributed by atoms with Crippen molar-refractivity contribution >= 4 is 11.2 Å². The van der Waals surface area contributed by atoms with Crippen molar-refractivity contribution < 1.29 is 4.74 Å². The van der Waals surface area contributed by atoms with Crippen LogP contribution in [0, 0.1) is 0 Å². The molecule has 0 amide bonds. The Balaban J connectivity index is 1.84. The number of ether oxygens (including phenoxy) is 1. The number of rotatable bonds is 3. The van der Waals surface area contributed by atoms with E-state index in [1.165, 1.54) is 0 Å². The molecule has 0 aliphatic carbocycles. The Kier molecular flexibility index (Phi) is 2.05. The molecule has 1 aliphatic heterocycles. The van der Waals surface area contributed by atoms with Crippen molar-refractivity contribution in [2.24, 2.45) is 0 Å². The van der Waals surface area contributed by atoms with Crippen LogP contribution in [-0.4, -0.2) is 36.3 Å². The van der Waals surface area contributed by atoms with Crippen LogP contribution >= 0.6 is 0 Å². The van der Waals surface area contributed by atoms with Crippen molar-refractivity contribution in [1.29, 1.82) is 0 Å². The number of epoxide rings is 1. The molecular weight excluding hydrogens is 242 g/mol. The minimum Gasteiger partial charge on any atom is -0.368 e. The van der Waals surface area contributed by atoms with Crippen molar-refractivity contribution in [2.75, 3.05) is 6.61 Å². The largest absolute Gasteiger partial charge is 0.368 e. The van der Waals surface area contributed by atoms with Gasteiger partial charge in [0.2, 0.25) is 0 Å². The van der Waals surface area contributed by atoms with E-state index in [-0.39, 0.29) is 5.60 Å². The topological polar surface area (TPSA) is 61.1 Å². The van der Waals surface area contributed by atoms with Crippen LogP contribution in [0.2, 0.25) is 0 Å². The number of hydrogen-bond donors (Lipinski definition) is 0. The molecule has 0 bridgehead atoms. The summed E-state index contributed by atoms with van der Waals surface area (Å²) < 4.78 is 9.39. The van der Waals surface area contributed by atoms with Gasteiger partial charge < -0.3 is 13.9 Å². The first-order chi connectivity index (χ1) is 9.25. The molecule has 3 aromatic rings. The van der Waals surface area contributed by atoms with Crippen LogP contribution in [-0.2, 0) is 11.3 Å². The molecule has 1 fully saturated rings. The highest BCUT2D eigenvalue weighted by atomic mass is 16.6. The second-order valence-electron chi connectivity index (χ2n) is 5.07. The van der Waals surface area contributed by atoms with Crippen molar-refractivity contribution in [3.8, 4) is 5.82 Å². The average molecular weight is 255 g/mol. The summed E-state index contributed by atoms with van der Waals surface area (Å²) in [6.45, 7) is 3.65. The van der Waals surface area contributed by atoms with Gasteiger partial charge in [-0.15, -0.1) is 0 Å². The Morgan fingerprint density at radius 2 is 2.05 bits per heavy atom. The third kappa shape index (κ3) is 1.72. The van der Waals surface area contributed by atoms with Crippen molar-refractivity contribution in [3.05, 3.63) is 37.2 Å². The van der Waals surface area contributed by atoms with Gasteiger partial charge in [-0.05, 0) is 19.1 Å². The molecule has 1 unspecified atom stereocenters. The predicted octanol–water partition coefficient (Wildman–Crippen LogP) is 1.41. The Hall–Kier alpha value is -2.21. The van der Waals surface area contributed by atoms with Gasteiger partial charge >= 0.3 is 0 Å². The quantitative estimate of drug-likeness (QED) is 0.664. The lowest BCUT2D eigenvalue weighted by Crippen LogP contribution is -2.15. The van der Waals surface area contributed by atoms with Crippen LogP contribution in [0.4, 0.5) is 0 Å². The van der Waals surface area contributed by atoms with Crippen LogP contribution in [0.1, 0.15) is 6.92 Å². The maximum Gasteiger partial charge on any atom is 0.168 e. The van der Waals surface area contributed by atoms with Crippen LogP contribution in [0.3, 0.4) is 0 Å². The number of nitrogens with zero attached hydrogens (tertiary/aromatic N) is 5. The molecule has 0 radical (unpaired) electrons. The molecule has 4 rings (SSSR count). The Labute approximate surface area is 109 Å². The molecule has 0 spiro atoms. The fourth-order valence-electron chi connectivity index (χ4n) is 2.22. The summed E-state index contributed by atoms with van der Waals surface area (Å²) >= 11 is 0. The molecular formula is C13H13N5O. The monoisotopic (exact) mass is 255 g/mol. The molecule has 96 valence electrons. The Morgan fingerprint density at radius 1 is 1.26 bits per heavy atom. The molecule has 3 aromatic heterocycles. The lowest BCUT2D eigenvalue weighted by molar-refractivity contribution is 0.295. The first-order valence-electron chi connectivity index (χ1n) is 6.18. The summed E-state index contributed by atoms with van der Waals surface area (Å²) in [6, 6.07) is 3.92. The molecule has 4 heterocycles. The average Bonchev–Trinajstić information content (AvgIpc) is 2.87. The van der Waals surface area contributed by atoms with E-state index in [0.29, 0.717) is 0 Å². The standard InChI is InChI=1S/C13H13N5O/c1-13(7-19-13)6-18-9-16-10-11(14-8-15-12(10)18)17-4-2-3-5-17/h2-5,8-9H,6-7H2,1H3. The van der Waals surface area contributed by atoms with Gasteiger partial charge in [-0.3, -0.25) is 0 Å². The van der Waals surface area contributed by atoms with Gasteiger partial charge in [0.05, 0.1) is 19.5 Å². The van der Waals surface area contributed by atoms with E-state index in [1.807, 2.05) is 33.7 Å². The van der Waals surface area contributed by atoms with E-state index >= 15 is 0 Å². The summed E-state index contributed by atoms with van der Waals surface area (Å²) in [7, 11) is 0. The maximum absolute atomic E-state index is 5.42. The third-order valence-electron chi connectivity index (χ3n) is 3.37. The summed E-state index contributed by atoms with van der Waals surface area (Å²) in [4.78, 5) is 13.1. The molecule has 1 atom stereocenters. The molecule has 0 aromatic carbocycles. The molecule has 1 saturated heterocycles. The lowest BCUT2D eigenvalue weighted by atomic mass is 10.2. The molecule has 0 N–H and O–H groups in total. The lowest BCUT2D eigenvalue weighted by Gasteiger charge is -2.07. The number of fused-ring (bicyclic) bond motifs is 1. The summed E-state index contributed by atoms with van der Waals surface area (Å²) in [6.07, 6.45) is 7.28. The second-order valence-corrected chi connectivity index (χ2v) is 5.07. The van der Waals surface area contributed by atoms with Gasteiger partial charge in [-0.2, -0.15) is 0 Å². The molecule has 6 nitrogen and oxygen atoms in total. The van der Waals surface area contributed by atoms with Gasteiger partial charge in [-0.25, -0.2) is 15.0 Å². The summed E-state index contributed by atoms with van der Waals surface area (Å²) in [5.41, 5.74) is 1.59. The highest BCUT2D eigenvalue weighted by Crippen LogP contribution is 2.29. The van der Waals surface area contributed by atoms with E-state index in [9.17, 15) is 0 Å². The van der Waals surface area contributed by atoms with Gasteiger partial charge in [-0.1, -0.05) is 0 Å². The van der Waals surface area contributed by atoms with Crippen LogP contribution in [0.15, 0.2) is 37.2 Å². The molecule has 19 heavy (non-hydrogen) atoms. The van der Waals surface area contributed by atoms with E-state index in [2.05, 4.69) is 21.9 Å². The Morgan fingerprint density at radius 3 is 2.79 bits per heavy atom. The van der Waals surface area contributed by atoms with E-state index in [4.69, 9.17) is 4.74 Å². The van der Waals surface area contributed by atoms with Gasteiger partial charge in [0, 0.05) is 12.4 Å². The van der Waals surface area contributed by atoms with Crippen LogP contribution in [0.5, 0.6) is 0 Å². The summed E-state index contributed by atoms with van der Waals surface area (Å²) in [5, 5.41) is 0. The highest BCUT2D eigenvalue weighted by Gasteiger charge is 2.40. The molecule has 1 aliphatic rings. The van der Waals surface area contributed by atoms with Crippen molar-refractivity contribution in [3.63, 3.8) is 0 Å². The van der Waals surface area contributed by atoms with Gasteiger partial charge in [0.25, 0.3) is 0 Å². The fourth-order valence-corrected chi connectivity index (χ4v) is 2.22. The smallest absolute Gasteiger partial charge is 0.168 e. The van der Waals surface area contributed by atoms with E-state index in [0.717, 1.165) is 30.1 Å². The first kappa shape index (κ1) is 10.7. The fraction of sp³-hybridized carbons (Fsp3) is 0.308. The number of aromatic nitrogens is 5. The van der Waals surface area contributed by atoms with Crippen molar-refractivity contribution in [2.45, 2.75) is 19.1 Å². The van der Waals surface area contributed by atoms with Crippen LogP contribution < -0.4 is 0 Å². The zero-order chi connectivity index (χ0) is 12.9. The molecule has 0 saturated carbocycles. The maximum atomic E-state index is 5.42. The number of hydrogen-bond acceptors (Lipinski definition) is 4. The van der Waals surface area contributed by atoms with Crippen LogP contribution in [0.25, 0.3) is 17.0 Å². The zero-order valence-corrected chi connectivity index (χ0v) is 10.5. The van der Waals surface area contributed by atoms with Crippen molar-refractivity contribution in [1.82, 2.24) is 24.1 Å². The van der Waals surface area contributed by atoms with E-state index in [1.54, 1.807) is 12.7 Å². The van der Waals surface area contributed by atoms with E-state index < -0.39 is 0 Å². The Bertz CT molecular complexity index is 727. The molecule has 6 heteroatoms. The second kappa shape index (κ2) is 3.64. The van der Waals surface area contributed by atoms with Gasteiger partial charge in [0.15, 0.2) is 17.0 Å². The third-order valence-corrected chi connectivity index (χ3v) is 3.37. The highest BCUT2D eigenvalue weighted by molar-refractivity contribution is 5.78. The normalized spacial score (nSPS) is 21.9.